The van der Waals surface area contributed by atoms with E-state index < -0.39 is 5.60 Å². The number of ether oxygens (including phenoxy) is 2. The van der Waals surface area contributed by atoms with Crippen molar-refractivity contribution in [3.05, 3.63) is 11.7 Å². The van der Waals surface area contributed by atoms with E-state index in [0.29, 0.717) is 24.9 Å². The molecule has 1 aromatic heterocycles. The van der Waals surface area contributed by atoms with Gasteiger partial charge in [-0.15, -0.1) is 0 Å². The quantitative estimate of drug-likeness (QED) is 0.913. The van der Waals surface area contributed by atoms with Crippen molar-refractivity contribution in [3.8, 4) is 0 Å². The van der Waals surface area contributed by atoms with Gasteiger partial charge < -0.3 is 19.3 Å². The smallest absolute Gasteiger partial charge is 0.243 e. The van der Waals surface area contributed by atoms with E-state index in [1.54, 1.807) is 7.11 Å². The summed E-state index contributed by atoms with van der Waals surface area (Å²) in [5.74, 6) is 1.37. The summed E-state index contributed by atoms with van der Waals surface area (Å²) in [4.78, 5) is 4.62. The Balaban J connectivity index is 1.77. The predicted molar refractivity (Wildman–Crippen MR) is 72.2 cm³/mol. The Morgan fingerprint density at radius 3 is 2.90 bits per heavy atom. The van der Waals surface area contributed by atoms with E-state index >= 15 is 0 Å². The molecule has 2 saturated heterocycles. The molecule has 2 aliphatic rings. The summed E-state index contributed by atoms with van der Waals surface area (Å²) in [6.45, 7) is 2.38. The van der Waals surface area contributed by atoms with Gasteiger partial charge in [-0.2, -0.15) is 4.98 Å². The van der Waals surface area contributed by atoms with Crippen LogP contribution in [0.2, 0.25) is 0 Å². The third kappa shape index (κ3) is 2.73. The van der Waals surface area contributed by atoms with Gasteiger partial charge in [0.2, 0.25) is 11.7 Å². The van der Waals surface area contributed by atoms with Crippen molar-refractivity contribution in [1.82, 2.24) is 15.5 Å². The van der Waals surface area contributed by atoms with Crippen molar-refractivity contribution in [1.29, 1.82) is 0 Å². The molecule has 3 heterocycles. The summed E-state index contributed by atoms with van der Waals surface area (Å²) in [5, 5.41) is 7.66. The highest BCUT2D eigenvalue weighted by atomic mass is 16.5. The molecule has 6 heteroatoms. The Bertz CT molecular complexity index is 421. The van der Waals surface area contributed by atoms with Crippen molar-refractivity contribution < 1.29 is 14.0 Å². The van der Waals surface area contributed by atoms with Crippen molar-refractivity contribution >= 4 is 0 Å². The van der Waals surface area contributed by atoms with Crippen LogP contribution in [0.3, 0.4) is 0 Å². The zero-order valence-electron chi connectivity index (χ0n) is 12.1. The minimum Gasteiger partial charge on any atom is -0.381 e. The molecule has 112 valence electrons. The first-order valence-electron chi connectivity index (χ1n) is 7.54. The van der Waals surface area contributed by atoms with E-state index in [1.165, 1.54) is 19.3 Å². The Hall–Kier alpha value is -0.980. The van der Waals surface area contributed by atoms with E-state index in [2.05, 4.69) is 15.5 Å². The number of rotatable bonds is 3. The monoisotopic (exact) mass is 281 g/mol. The number of hydrogen-bond acceptors (Lipinski definition) is 6. The fourth-order valence-corrected chi connectivity index (χ4v) is 3.02. The Morgan fingerprint density at radius 1 is 1.25 bits per heavy atom. The van der Waals surface area contributed by atoms with Gasteiger partial charge in [0.05, 0.1) is 6.04 Å². The van der Waals surface area contributed by atoms with Crippen LogP contribution in [0, 0.1) is 0 Å². The van der Waals surface area contributed by atoms with Gasteiger partial charge in [-0.05, 0) is 19.4 Å². The van der Waals surface area contributed by atoms with E-state index in [-0.39, 0.29) is 6.04 Å². The number of methoxy groups -OCH3 is 1. The van der Waals surface area contributed by atoms with Crippen LogP contribution in [-0.4, -0.2) is 37.0 Å². The van der Waals surface area contributed by atoms with E-state index in [0.717, 1.165) is 25.8 Å². The molecule has 1 unspecified atom stereocenters. The third-order valence-corrected chi connectivity index (χ3v) is 4.40. The molecule has 0 amide bonds. The maximum atomic E-state index is 5.70. The largest absolute Gasteiger partial charge is 0.381 e. The van der Waals surface area contributed by atoms with Gasteiger partial charge >= 0.3 is 0 Å². The summed E-state index contributed by atoms with van der Waals surface area (Å²) >= 11 is 0. The molecule has 2 fully saturated rings. The lowest BCUT2D eigenvalue weighted by Gasteiger charge is -2.32. The average Bonchev–Trinajstić information content (AvgIpc) is 2.85. The van der Waals surface area contributed by atoms with Crippen LogP contribution in [-0.2, 0) is 15.1 Å². The molecule has 1 aromatic rings. The fourth-order valence-electron chi connectivity index (χ4n) is 3.02. The fraction of sp³-hybridized carbons (Fsp3) is 0.857. The van der Waals surface area contributed by atoms with E-state index in [1.807, 2.05) is 0 Å². The molecule has 20 heavy (non-hydrogen) atoms. The third-order valence-electron chi connectivity index (χ3n) is 4.40. The molecule has 0 radical (unpaired) electrons. The lowest BCUT2D eigenvalue weighted by molar-refractivity contribution is -0.101. The molecule has 1 atom stereocenters. The van der Waals surface area contributed by atoms with Gasteiger partial charge in [0.15, 0.2) is 0 Å². The molecular formula is C14H23N3O3. The molecule has 0 saturated carbocycles. The summed E-state index contributed by atoms with van der Waals surface area (Å²) < 4.78 is 16.6. The van der Waals surface area contributed by atoms with Crippen LogP contribution in [0.5, 0.6) is 0 Å². The van der Waals surface area contributed by atoms with Crippen LogP contribution in [0.4, 0.5) is 0 Å². The van der Waals surface area contributed by atoms with Gasteiger partial charge in [0.25, 0.3) is 0 Å². The van der Waals surface area contributed by atoms with Crippen molar-refractivity contribution in [2.45, 2.75) is 50.2 Å². The zero-order chi connectivity index (χ0) is 13.8. The Kier molecular flexibility index (Phi) is 4.33. The molecule has 0 bridgehead atoms. The summed E-state index contributed by atoms with van der Waals surface area (Å²) in [7, 11) is 1.71. The van der Waals surface area contributed by atoms with Crippen LogP contribution in [0.1, 0.15) is 56.3 Å². The van der Waals surface area contributed by atoms with Gasteiger partial charge in [-0.3, -0.25) is 0 Å². The maximum Gasteiger partial charge on any atom is 0.243 e. The van der Waals surface area contributed by atoms with Crippen LogP contribution >= 0.6 is 0 Å². The average molecular weight is 281 g/mol. The van der Waals surface area contributed by atoms with Crippen molar-refractivity contribution in [2.75, 3.05) is 26.9 Å². The minimum atomic E-state index is -0.440. The highest BCUT2D eigenvalue weighted by molar-refractivity contribution is 5.05. The topological polar surface area (TPSA) is 69.4 Å². The van der Waals surface area contributed by atoms with Crippen LogP contribution < -0.4 is 5.32 Å². The molecular weight excluding hydrogens is 258 g/mol. The first-order valence-corrected chi connectivity index (χ1v) is 7.54. The lowest BCUT2D eigenvalue weighted by atomic mass is 9.93. The van der Waals surface area contributed by atoms with Crippen LogP contribution in [0.15, 0.2) is 4.52 Å². The normalized spacial score (nSPS) is 27.1. The lowest BCUT2D eigenvalue weighted by Crippen LogP contribution is -2.36. The van der Waals surface area contributed by atoms with E-state index in [9.17, 15) is 0 Å². The second kappa shape index (κ2) is 6.20. The summed E-state index contributed by atoms with van der Waals surface area (Å²) in [6, 6.07) is 0.187. The minimum absolute atomic E-state index is 0.187. The number of nitrogens with one attached hydrogen (secondary N) is 1. The first kappa shape index (κ1) is 14.0. The Morgan fingerprint density at radius 2 is 2.10 bits per heavy atom. The molecule has 3 rings (SSSR count). The second-order valence-electron chi connectivity index (χ2n) is 5.62. The predicted octanol–water partition coefficient (Wildman–Crippen LogP) is 1.93. The van der Waals surface area contributed by atoms with Gasteiger partial charge in [0, 0.05) is 33.2 Å². The molecule has 0 aromatic carbocycles. The molecule has 0 aliphatic carbocycles. The molecule has 0 spiro atoms. The number of hydrogen-bond donors (Lipinski definition) is 1. The zero-order valence-corrected chi connectivity index (χ0v) is 12.1. The molecule has 1 N–H and O–H groups in total. The van der Waals surface area contributed by atoms with Crippen LogP contribution in [0.25, 0.3) is 0 Å². The van der Waals surface area contributed by atoms with Gasteiger partial charge in [-0.25, -0.2) is 0 Å². The number of nitrogens with zero attached hydrogens (tertiary/aromatic N) is 2. The standard InChI is InChI=1S/C14H23N3O3/c1-18-14(6-9-19-10-7-14)13-16-12(20-17-13)11-5-3-2-4-8-15-11/h11,15H,2-10H2,1H3. The van der Waals surface area contributed by atoms with Crippen molar-refractivity contribution in [3.63, 3.8) is 0 Å². The molecule has 6 nitrogen and oxygen atoms in total. The SMILES string of the molecule is COC1(c2noc(C3CCCCCN3)n2)CCOCC1. The second-order valence-corrected chi connectivity index (χ2v) is 5.62. The maximum absolute atomic E-state index is 5.70. The van der Waals surface area contributed by atoms with Gasteiger partial charge in [0.1, 0.15) is 5.60 Å². The highest BCUT2D eigenvalue weighted by Gasteiger charge is 2.39. The molecule has 2 aliphatic heterocycles. The van der Waals surface area contributed by atoms with Crippen molar-refractivity contribution in [2.24, 2.45) is 0 Å². The van der Waals surface area contributed by atoms with Gasteiger partial charge in [-0.1, -0.05) is 18.0 Å². The van der Waals surface area contributed by atoms with E-state index in [4.69, 9.17) is 14.0 Å². The summed E-state index contributed by atoms with van der Waals surface area (Å²) in [5.41, 5.74) is -0.440. The highest BCUT2D eigenvalue weighted by Crippen LogP contribution is 2.34. The first-order chi connectivity index (χ1) is 9.84. The Labute approximate surface area is 119 Å². The number of aromatic nitrogens is 2. The summed E-state index contributed by atoms with van der Waals surface area (Å²) in [6.07, 6.45) is 6.31.